The number of nitrogens with zero attached hydrogens (tertiary/aromatic N) is 1. The molecular formula is C15H19ClN2. The molecule has 1 heterocycles. The molecule has 0 amide bonds. The lowest BCUT2D eigenvalue weighted by molar-refractivity contribution is 0.462. The summed E-state index contributed by atoms with van der Waals surface area (Å²) in [6, 6.07) is 4.19. The lowest BCUT2D eigenvalue weighted by Gasteiger charge is -2.21. The molecule has 2 nitrogen and oxygen atoms in total. The Morgan fingerprint density at radius 3 is 2.94 bits per heavy atom. The monoisotopic (exact) mass is 262 g/mol. The molecule has 0 bridgehead atoms. The predicted molar refractivity (Wildman–Crippen MR) is 77.2 cm³/mol. The third-order valence-electron chi connectivity index (χ3n) is 4.39. The SMILES string of the molecule is Cc1c(Cl)ccc2c3c(n(C)c12)CCC(CN)C3. The minimum atomic E-state index is 0.638. The first-order valence-electron chi connectivity index (χ1n) is 6.58. The number of benzene rings is 1. The number of hydrogen-bond donors (Lipinski definition) is 1. The summed E-state index contributed by atoms with van der Waals surface area (Å²) in [6.07, 6.45) is 3.46. The van der Waals surface area contributed by atoms with Crippen LogP contribution in [0.5, 0.6) is 0 Å². The second-order valence-electron chi connectivity index (χ2n) is 5.40. The fourth-order valence-corrected chi connectivity index (χ4v) is 3.48. The first-order chi connectivity index (χ1) is 8.63. The molecule has 1 atom stereocenters. The van der Waals surface area contributed by atoms with E-state index in [9.17, 15) is 0 Å². The van der Waals surface area contributed by atoms with E-state index in [0.29, 0.717) is 5.92 Å². The van der Waals surface area contributed by atoms with Gasteiger partial charge in [-0.15, -0.1) is 0 Å². The van der Waals surface area contributed by atoms with Gasteiger partial charge in [-0.05, 0) is 55.8 Å². The van der Waals surface area contributed by atoms with Crippen molar-refractivity contribution in [2.75, 3.05) is 6.54 Å². The van der Waals surface area contributed by atoms with Crippen molar-refractivity contribution in [3.63, 3.8) is 0 Å². The highest BCUT2D eigenvalue weighted by molar-refractivity contribution is 6.32. The lowest BCUT2D eigenvalue weighted by atomic mass is 9.86. The molecule has 1 aromatic heterocycles. The first kappa shape index (κ1) is 12.1. The number of rotatable bonds is 1. The van der Waals surface area contributed by atoms with Crippen molar-refractivity contribution in [1.29, 1.82) is 0 Å². The fourth-order valence-electron chi connectivity index (χ4n) is 3.32. The highest BCUT2D eigenvalue weighted by Gasteiger charge is 2.24. The molecular weight excluding hydrogens is 244 g/mol. The van der Waals surface area contributed by atoms with Crippen molar-refractivity contribution in [1.82, 2.24) is 4.57 Å². The molecule has 3 heteroatoms. The first-order valence-corrected chi connectivity index (χ1v) is 6.96. The molecule has 1 aromatic carbocycles. The number of hydrogen-bond acceptors (Lipinski definition) is 1. The number of aryl methyl sites for hydroxylation is 2. The van der Waals surface area contributed by atoms with Gasteiger partial charge in [0, 0.05) is 23.2 Å². The Bertz CT molecular complexity index is 613. The van der Waals surface area contributed by atoms with Crippen LogP contribution < -0.4 is 5.73 Å². The summed E-state index contributed by atoms with van der Waals surface area (Å²) in [5, 5.41) is 2.23. The van der Waals surface area contributed by atoms with Crippen LogP contribution in [0.2, 0.25) is 5.02 Å². The smallest absolute Gasteiger partial charge is 0.0527 e. The predicted octanol–water partition coefficient (Wildman–Crippen LogP) is 3.20. The Labute approximate surface area is 113 Å². The van der Waals surface area contributed by atoms with Gasteiger partial charge in [0.25, 0.3) is 0 Å². The molecule has 0 fully saturated rings. The van der Waals surface area contributed by atoms with E-state index in [1.54, 1.807) is 0 Å². The van der Waals surface area contributed by atoms with Gasteiger partial charge in [-0.2, -0.15) is 0 Å². The van der Waals surface area contributed by atoms with Gasteiger partial charge in [0.05, 0.1) is 5.52 Å². The molecule has 18 heavy (non-hydrogen) atoms. The second-order valence-corrected chi connectivity index (χ2v) is 5.80. The molecule has 1 unspecified atom stereocenters. The molecule has 0 spiro atoms. The molecule has 1 aliphatic rings. The number of halogens is 1. The van der Waals surface area contributed by atoms with Gasteiger partial charge < -0.3 is 10.3 Å². The Hall–Kier alpha value is -0.990. The maximum Gasteiger partial charge on any atom is 0.0527 e. The normalized spacial score (nSPS) is 19.2. The van der Waals surface area contributed by atoms with Crippen molar-refractivity contribution in [3.8, 4) is 0 Å². The number of nitrogens with two attached hydrogens (primary N) is 1. The van der Waals surface area contributed by atoms with E-state index in [-0.39, 0.29) is 0 Å². The molecule has 2 aromatic rings. The molecule has 0 radical (unpaired) electrons. The van der Waals surface area contributed by atoms with Gasteiger partial charge in [0.1, 0.15) is 0 Å². The Morgan fingerprint density at radius 1 is 1.44 bits per heavy atom. The van der Waals surface area contributed by atoms with Crippen LogP contribution in [0.1, 0.15) is 23.2 Å². The van der Waals surface area contributed by atoms with Crippen LogP contribution >= 0.6 is 11.6 Å². The largest absolute Gasteiger partial charge is 0.347 e. The Balaban J connectivity index is 2.28. The average Bonchev–Trinajstić information content (AvgIpc) is 2.67. The van der Waals surface area contributed by atoms with E-state index in [0.717, 1.165) is 24.4 Å². The van der Waals surface area contributed by atoms with E-state index < -0.39 is 0 Å². The van der Waals surface area contributed by atoms with Crippen LogP contribution in [0.25, 0.3) is 10.9 Å². The van der Waals surface area contributed by atoms with Crippen LogP contribution in [-0.4, -0.2) is 11.1 Å². The second kappa shape index (κ2) is 4.29. The average molecular weight is 263 g/mol. The van der Waals surface area contributed by atoms with E-state index >= 15 is 0 Å². The molecule has 3 rings (SSSR count). The van der Waals surface area contributed by atoms with E-state index in [1.807, 2.05) is 6.07 Å². The minimum Gasteiger partial charge on any atom is -0.347 e. The van der Waals surface area contributed by atoms with Crippen molar-refractivity contribution >= 4 is 22.5 Å². The Kier molecular flexibility index (Phi) is 2.87. The van der Waals surface area contributed by atoms with Gasteiger partial charge in [-0.3, -0.25) is 0 Å². The summed E-state index contributed by atoms with van der Waals surface area (Å²) < 4.78 is 2.33. The standard InChI is InChI=1S/C15H19ClN2/c1-9-13(16)5-4-11-12-7-10(8-17)3-6-14(12)18(2)15(9)11/h4-5,10H,3,6-8,17H2,1-2H3. The lowest BCUT2D eigenvalue weighted by Crippen LogP contribution is -2.22. The summed E-state index contributed by atoms with van der Waals surface area (Å²) in [4.78, 5) is 0. The third kappa shape index (κ3) is 1.59. The zero-order chi connectivity index (χ0) is 12.9. The molecule has 96 valence electrons. The van der Waals surface area contributed by atoms with Crippen molar-refractivity contribution in [2.24, 2.45) is 18.7 Å². The molecule has 2 N–H and O–H groups in total. The van der Waals surface area contributed by atoms with Crippen molar-refractivity contribution < 1.29 is 0 Å². The van der Waals surface area contributed by atoms with Crippen LogP contribution in [0.15, 0.2) is 12.1 Å². The maximum absolute atomic E-state index is 6.25. The minimum absolute atomic E-state index is 0.638. The third-order valence-corrected chi connectivity index (χ3v) is 4.80. The summed E-state index contributed by atoms with van der Waals surface area (Å²) >= 11 is 6.25. The van der Waals surface area contributed by atoms with Crippen LogP contribution in [0.3, 0.4) is 0 Å². The zero-order valence-corrected chi connectivity index (χ0v) is 11.7. The van der Waals surface area contributed by atoms with E-state index in [2.05, 4.69) is 24.6 Å². The summed E-state index contributed by atoms with van der Waals surface area (Å²) in [5.74, 6) is 0.638. The van der Waals surface area contributed by atoms with Crippen LogP contribution in [0.4, 0.5) is 0 Å². The fraction of sp³-hybridized carbons (Fsp3) is 0.467. The summed E-state index contributed by atoms with van der Waals surface area (Å²) in [7, 11) is 2.16. The van der Waals surface area contributed by atoms with E-state index in [4.69, 9.17) is 17.3 Å². The van der Waals surface area contributed by atoms with Gasteiger partial charge >= 0.3 is 0 Å². The van der Waals surface area contributed by atoms with Crippen LogP contribution in [0, 0.1) is 12.8 Å². The number of aromatic nitrogens is 1. The molecule has 1 aliphatic carbocycles. The van der Waals surface area contributed by atoms with Gasteiger partial charge in [-0.25, -0.2) is 0 Å². The molecule has 0 aliphatic heterocycles. The topological polar surface area (TPSA) is 30.9 Å². The van der Waals surface area contributed by atoms with Gasteiger partial charge in [0.2, 0.25) is 0 Å². The quantitative estimate of drug-likeness (QED) is 0.841. The van der Waals surface area contributed by atoms with Gasteiger partial charge in [0.15, 0.2) is 0 Å². The Morgan fingerprint density at radius 2 is 2.22 bits per heavy atom. The number of fused-ring (bicyclic) bond motifs is 3. The summed E-state index contributed by atoms with van der Waals surface area (Å²) in [6.45, 7) is 2.90. The summed E-state index contributed by atoms with van der Waals surface area (Å²) in [5.41, 5.74) is 11.3. The molecule has 0 saturated heterocycles. The maximum atomic E-state index is 6.25. The van der Waals surface area contributed by atoms with Crippen LogP contribution in [-0.2, 0) is 19.9 Å². The van der Waals surface area contributed by atoms with Crippen molar-refractivity contribution in [3.05, 3.63) is 34.0 Å². The highest BCUT2D eigenvalue weighted by atomic mass is 35.5. The zero-order valence-electron chi connectivity index (χ0n) is 11.0. The van der Waals surface area contributed by atoms with Crippen molar-refractivity contribution in [2.45, 2.75) is 26.2 Å². The van der Waals surface area contributed by atoms with Gasteiger partial charge in [-0.1, -0.05) is 17.7 Å². The van der Waals surface area contributed by atoms with E-state index in [1.165, 1.54) is 34.1 Å². The molecule has 0 saturated carbocycles. The highest BCUT2D eigenvalue weighted by Crippen LogP contribution is 2.36.